The predicted octanol–water partition coefficient (Wildman–Crippen LogP) is 5.02. The Morgan fingerprint density at radius 2 is 1.96 bits per heavy atom. The van der Waals surface area contributed by atoms with Gasteiger partial charge in [-0.05, 0) is 37.0 Å². The van der Waals surface area contributed by atoms with E-state index >= 15 is 0 Å². The first-order valence-electron chi connectivity index (χ1n) is 8.08. The molecular weight excluding hydrogens is 310 g/mol. The zero-order chi connectivity index (χ0) is 17.0. The number of halogens is 1. The molecule has 1 N–H and O–H groups in total. The fourth-order valence-corrected chi connectivity index (χ4v) is 2.76. The van der Waals surface area contributed by atoms with Crippen LogP contribution in [0.2, 0.25) is 5.15 Å². The van der Waals surface area contributed by atoms with Crippen molar-refractivity contribution in [1.29, 1.82) is 0 Å². The Kier molecular flexibility index (Phi) is 5.83. The van der Waals surface area contributed by atoms with Crippen molar-refractivity contribution in [2.75, 3.05) is 5.32 Å². The van der Waals surface area contributed by atoms with Crippen molar-refractivity contribution >= 4 is 23.2 Å². The molecule has 0 bridgehead atoms. The maximum Gasteiger partial charge on any atom is 0.260 e. The number of rotatable bonds is 6. The Bertz CT molecular complexity index is 674. The normalized spacial score (nSPS) is 11.0. The van der Waals surface area contributed by atoms with E-state index in [1.54, 1.807) is 4.68 Å². The van der Waals surface area contributed by atoms with E-state index in [4.69, 9.17) is 11.6 Å². The minimum atomic E-state index is -0.215. The Labute approximate surface area is 142 Å². The smallest absolute Gasteiger partial charge is 0.260 e. The van der Waals surface area contributed by atoms with E-state index in [0.29, 0.717) is 22.3 Å². The molecular formula is C18H24ClN3O. The summed E-state index contributed by atoms with van der Waals surface area (Å²) in [5, 5.41) is 7.68. The molecule has 1 aromatic carbocycles. The molecule has 124 valence electrons. The van der Waals surface area contributed by atoms with Crippen LogP contribution in [-0.2, 0) is 6.54 Å². The molecule has 0 atom stereocenters. The third kappa shape index (κ3) is 4.14. The highest BCUT2D eigenvalue weighted by atomic mass is 35.5. The van der Waals surface area contributed by atoms with Gasteiger partial charge in [0.05, 0.1) is 11.3 Å². The van der Waals surface area contributed by atoms with Crippen molar-refractivity contribution in [3.05, 3.63) is 46.2 Å². The molecule has 0 aliphatic rings. The summed E-state index contributed by atoms with van der Waals surface area (Å²) < 4.78 is 1.71. The summed E-state index contributed by atoms with van der Waals surface area (Å²) >= 11 is 6.33. The molecule has 5 heteroatoms. The summed E-state index contributed by atoms with van der Waals surface area (Å²) in [6.45, 7) is 8.93. The number of nitrogens with one attached hydrogen (secondary N) is 1. The Morgan fingerprint density at radius 3 is 2.52 bits per heavy atom. The maximum atomic E-state index is 12.5. The van der Waals surface area contributed by atoms with Crippen molar-refractivity contribution in [3.8, 4) is 0 Å². The highest BCUT2D eigenvalue weighted by Gasteiger charge is 2.20. The van der Waals surface area contributed by atoms with Crippen LogP contribution >= 0.6 is 11.6 Å². The number of anilines is 1. The molecule has 23 heavy (non-hydrogen) atoms. The predicted molar refractivity (Wildman–Crippen MR) is 95.4 cm³/mol. The number of carbonyl (C=O) groups excluding carboxylic acids is 1. The lowest BCUT2D eigenvalue weighted by Crippen LogP contribution is -2.13. The van der Waals surface area contributed by atoms with Gasteiger partial charge in [0.15, 0.2) is 0 Å². The van der Waals surface area contributed by atoms with E-state index in [0.717, 1.165) is 25.1 Å². The van der Waals surface area contributed by atoms with Crippen molar-refractivity contribution in [3.63, 3.8) is 0 Å². The van der Waals surface area contributed by atoms with Gasteiger partial charge in [0.2, 0.25) is 0 Å². The molecule has 0 spiro atoms. The van der Waals surface area contributed by atoms with E-state index < -0.39 is 0 Å². The third-order valence-corrected chi connectivity index (χ3v) is 4.24. The standard InChI is InChI=1S/C18H24ClN3O/c1-5-6-11-22-17(19)16(13(4)21-22)18(23)20-15-9-7-14(8-10-15)12(2)3/h7-10,12H,5-6,11H2,1-4H3,(H,20,23). The van der Waals surface area contributed by atoms with E-state index in [9.17, 15) is 4.79 Å². The second-order valence-corrected chi connectivity index (χ2v) is 6.42. The van der Waals surface area contributed by atoms with Crippen molar-refractivity contribution < 1.29 is 4.79 Å². The first-order valence-corrected chi connectivity index (χ1v) is 8.46. The molecule has 0 saturated carbocycles. The summed E-state index contributed by atoms with van der Waals surface area (Å²) in [6, 6.07) is 7.88. The Hall–Kier alpha value is -1.81. The zero-order valence-corrected chi connectivity index (χ0v) is 14.9. The lowest BCUT2D eigenvalue weighted by molar-refractivity contribution is 0.102. The summed E-state index contributed by atoms with van der Waals surface area (Å²) in [4.78, 5) is 12.5. The van der Waals surface area contributed by atoms with Crippen LogP contribution in [0.15, 0.2) is 24.3 Å². The van der Waals surface area contributed by atoms with Gasteiger partial charge < -0.3 is 5.32 Å². The molecule has 2 rings (SSSR count). The summed E-state index contributed by atoms with van der Waals surface area (Å²) in [5.41, 5.74) is 3.11. The van der Waals surface area contributed by atoms with Gasteiger partial charge in [-0.1, -0.05) is 50.9 Å². The molecule has 4 nitrogen and oxygen atoms in total. The number of hydrogen-bond acceptors (Lipinski definition) is 2. The van der Waals surface area contributed by atoms with Crippen LogP contribution in [0.25, 0.3) is 0 Å². The van der Waals surface area contributed by atoms with Crippen LogP contribution in [0.5, 0.6) is 0 Å². The largest absolute Gasteiger partial charge is 0.322 e. The number of hydrogen-bond donors (Lipinski definition) is 1. The van der Waals surface area contributed by atoms with Gasteiger partial charge in [0.25, 0.3) is 5.91 Å². The Balaban J connectivity index is 2.15. The molecule has 0 unspecified atom stereocenters. The van der Waals surface area contributed by atoms with Crippen LogP contribution in [0.1, 0.15) is 61.1 Å². The third-order valence-electron chi connectivity index (χ3n) is 3.85. The van der Waals surface area contributed by atoms with Crippen LogP contribution in [0.4, 0.5) is 5.69 Å². The first kappa shape index (κ1) is 17.5. The van der Waals surface area contributed by atoms with Gasteiger partial charge in [-0.3, -0.25) is 9.48 Å². The van der Waals surface area contributed by atoms with E-state index in [1.165, 1.54) is 5.56 Å². The minimum Gasteiger partial charge on any atom is -0.322 e. The molecule has 1 heterocycles. The topological polar surface area (TPSA) is 46.9 Å². The summed E-state index contributed by atoms with van der Waals surface area (Å²) in [7, 11) is 0. The molecule has 0 saturated heterocycles. The van der Waals surface area contributed by atoms with Crippen LogP contribution in [0.3, 0.4) is 0 Å². The number of unbranched alkanes of at least 4 members (excludes halogenated alkanes) is 1. The summed E-state index contributed by atoms with van der Waals surface area (Å²) in [5.74, 6) is 0.251. The molecule has 0 aliphatic heterocycles. The van der Waals surface area contributed by atoms with Crippen LogP contribution in [-0.4, -0.2) is 15.7 Å². The van der Waals surface area contributed by atoms with E-state index in [2.05, 4.69) is 31.2 Å². The lowest BCUT2D eigenvalue weighted by Gasteiger charge is -2.08. The maximum absolute atomic E-state index is 12.5. The fourth-order valence-electron chi connectivity index (χ4n) is 2.41. The van der Waals surface area contributed by atoms with Crippen LogP contribution < -0.4 is 5.32 Å². The second-order valence-electron chi connectivity index (χ2n) is 6.06. The highest BCUT2D eigenvalue weighted by molar-refractivity contribution is 6.33. The summed E-state index contributed by atoms with van der Waals surface area (Å²) in [6.07, 6.45) is 2.04. The number of nitrogens with zero attached hydrogens (tertiary/aromatic N) is 2. The van der Waals surface area contributed by atoms with Crippen LogP contribution in [0, 0.1) is 6.92 Å². The molecule has 0 aliphatic carbocycles. The van der Waals surface area contributed by atoms with Gasteiger partial charge in [0.1, 0.15) is 5.15 Å². The van der Waals surface area contributed by atoms with Gasteiger partial charge in [-0.2, -0.15) is 5.10 Å². The SMILES string of the molecule is CCCCn1nc(C)c(C(=O)Nc2ccc(C(C)C)cc2)c1Cl. The van der Waals surface area contributed by atoms with Crippen molar-refractivity contribution in [2.45, 2.75) is 53.0 Å². The van der Waals surface area contributed by atoms with E-state index in [1.807, 2.05) is 31.2 Å². The number of carbonyl (C=O) groups is 1. The average molecular weight is 334 g/mol. The molecule has 2 aromatic rings. The number of amides is 1. The highest BCUT2D eigenvalue weighted by Crippen LogP contribution is 2.23. The average Bonchev–Trinajstić information content (AvgIpc) is 2.79. The molecule has 1 aromatic heterocycles. The first-order chi connectivity index (χ1) is 10.9. The van der Waals surface area contributed by atoms with Gasteiger partial charge >= 0.3 is 0 Å². The fraction of sp³-hybridized carbons (Fsp3) is 0.444. The number of aryl methyl sites for hydroxylation is 2. The minimum absolute atomic E-state index is 0.215. The zero-order valence-electron chi connectivity index (χ0n) is 14.2. The monoisotopic (exact) mass is 333 g/mol. The van der Waals surface area contributed by atoms with Gasteiger partial charge in [-0.15, -0.1) is 0 Å². The molecule has 0 fully saturated rings. The van der Waals surface area contributed by atoms with Gasteiger partial charge in [0, 0.05) is 12.2 Å². The Morgan fingerprint density at radius 1 is 1.30 bits per heavy atom. The van der Waals surface area contributed by atoms with Crippen molar-refractivity contribution in [1.82, 2.24) is 9.78 Å². The molecule has 0 radical (unpaired) electrons. The van der Waals surface area contributed by atoms with Gasteiger partial charge in [-0.25, -0.2) is 0 Å². The van der Waals surface area contributed by atoms with E-state index in [-0.39, 0.29) is 5.91 Å². The number of aromatic nitrogens is 2. The van der Waals surface area contributed by atoms with Crippen molar-refractivity contribution in [2.24, 2.45) is 0 Å². The quantitative estimate of drug-likeness (QED) is 0.806. The second kappa shape index (κ2) is 7.64. The molecule has 1 amide bonds. The lowest BCUT2D eigenvalue weighted by atomic mass is 10.0. The number of benzene rings is 1.